The molecule has 2 N–H and O–H groups in total. The van der Waals surface area contributed by atoms with Crippen molar-refractivity contribution in [2.75, 3.05) is 17.2 Å². The average molecular weight is 671 g/mol. The van der Waals surface area contributed by atoms with Gasteiger partial charge < -0.3 is 25.3 Å². The van der Waals surface area contributed by atoms with E-state index >= 15 is 0 Å². The SMILES string of the molecule is CC(=O)Nc1c(I)c(NC(C)=O)c(I)c(C(=O)OCC(=O)[O-])c1I. The van der Waals surface area contributed by atoms with E-state index < -0.39 is 18.5 Å². The Hall–Kier alpha value is -0.710. The fourth-order valence-electron chi connectivity index (χ4n) is 1.61. The first-order chi connectivity index (χ1) is 11.1. The summed E-state index contributed by atoms with van der Waals surface area (Å²) in [7, 11) is 0. The average Bonchev–Trinajstić information content (AvgIpc) is 2.45. The third kappa shape index (κ3) is 5.40. The summed E-state index contributed by atoms with van der Waals surface area (Å²) in [4.78, 5) is 45.6. The van der Waals surface area contributed by atoms with Crippen LogP contribution in [0.15, 0.2) is 0 Å². The molecule has 0 saturated carbocycles. The Bertz CT molecular complexity index is 692. The first-order valence-electron chi connectivity index (χ1n) is 6.18. The highest BCUT2D eigenvalue weighted by Gasteiger charge is 2.26. The van der Waals surface area contributed by atoms with Crippen molar-refractivity contribution in [3.05, 3.63) is 16.3 Å². The zero-order chi connectivity index (χ0) is 18.6. The van der Waals surface area contributed by atoms with Crippen LogP contribution < -0.4 is 15.7 Å². The number of carbonyl (C=O) groups excluding carboxylic acids is 4. The Labute approximate surface area is 177 Å². The Kier molecular flexibility index (Phi) is 8.10. The first-order valence-corrected chi connectivity index (χ1v) is 9.42. The number of benzene rings is 1. The maximum Gasteiger partial charge on any atom is 0.340 e. The van der Waals surface area contributed by atoms with Gasteiger partial charge in [-0.3, -0.25) is 9.59 Å². The minimum atomic E-state index is -1.54. The van der Waals surface area contributed by atoms with Crippen LogP contribution in [0.25, 0.3) is 0 Å². The molecule has 0 aliphatic carbocycles. The maximum absolute atomic E-state index is 12.2. The summed E-state index contributed by atoms with van der Waals surface area (Å²) < 4.78 is 5.94. The number of hydrogen-bond acceptors (Lipinski definition) is 6. The van der Waals surface area contributed by atoms with Gasteiger partial charge in [0.1, 0.15) is 6.61 Å². The molecule has 0 aliphatic rings. The minimum Gasteiger partial charge on any atom is -0.546 e. The molecule has 0 unspecified atom stereocenters. The summed E-state index contributed by atoms with van der Waals surface area (Å²) >= 11 is 5.63. The molecule has 1 rings (SSSR count). The van der Waals surface area contributed by atoms with Crippen LogP contribution in [0.3, 0.4) is 0 Å². The molecular weight excluding hydrogens is 661 g/mol. The molecule has 1 aromatic rings. The highest BCUT2D eigenvalue weighted by molar-refractivity contribution is 14.1. The lowest BCUT2D eigenvalue weighted by molar-refractivity contribution is -0.308. The minimum absolute atomic E-state index is 0.0466. The van der Waals surface area contributed by atoms with Crippen molar-refractivity contribution in [3.8, 4) is 0 Å². The number of carboxylic acid groups (broad SMARTS) is 1. The summed E-state index contributed by atoms with van der Waals surface area (Å²) in [5.74, 6) is -3.17. The Morgan fingerprint density at radius 1 is 0.917 bits per heavy atom. The van der Waals surface area contributed by atoms with E-state index in [1.165, 1.54) is 13.8 Å². The topological polar surface area (TPSA) is 125 Å². The first kappa shape index (κ1) is 21.3. The van der Waals surface area contributed by atoms with Crippen molar-refractivity contribution in [2.45, 2.75) is 13.8 Å². The molecule has 24 heavy (non-hydrogen) atoms. The third-order valence-corrected chi connectivity index (χ3v) is 5.68. The molecule has 2 amide bonds. The van der Waals surface area contributed by atoms with Gasteiger partial charge in [0, 0.05) is 13.8 Å². The second-order valence-electron chi connectivity index (χ2n) is 4.38. The summed E-state index contributed by atoms with van der Waals surface area (Å²) in [5, 5.41) is 15.7. The normalized spacial score (nSPS) is 10.0. The van der Waals surface area contributed by atoms with E-state index in [2.05, 4.69) is 15.4 Å². The van der Waals surface area contributed by atoms with Crippen molar-refractivity contribution in [1.29, 1.82) is 0 Å². The van der Waals surface area contributed by atoms with Gasteiger partial charge in [-0.25, -0.2) is 4.79 Å². The smallest absolute Gasteiger partial charge is 0.340 e. The van der Waals surface area contributed by atoms with Gasteiger partial charge in [-0.05, 0) is 67.8 Å². The van der Waals surface area contributed by atoms with Crippen LogP contribution in [0.4, 0.5) is 11.4 Å². The molecule has 0 bridgehead atoms. The van der Waals surface area contributed by atoms with Gasteiger partial charge in [-0.15, -0.1) is 0 Å². The highest BCUT2D eigenvalue weighted by Crippen LogP contribution is 2.39. The fraction of sp³-hybridized carbons (Fsp3) is 0.231. The van der Waals surface area contributed by atoms with E-state index in [-0.39, 0.29) is 17.4 Å². The lowest BCUT2D eigenvalue weighted by Crippen LogP contribution is -2.29. The van der Waals surface area contributed by atoms with Crippen LogP contribution in [0.5, 0.6) is 0 Å². The Morgan fingerprint density at radius 2 is 1.33 bits per heavy atom. The predicted molar refractivity (Wildman–Crippen MR) is 108 cm³/mol. The number of rotatable bonds is 5. The number of esters is 1. The van der Waals surface area contributed by atoms with Crippen molar-refractivity contribution in [2.24, 2.45) is 0 Å². The van der Waals surface area contributed by atoms with Crippen LogP contribution in [0.1, 0.15) is 24.2 Å². The number of anilines is 2. The standard InChI is InChI=1S/C13H11I3N2O6/c1-4(19)17-11-8(14)7(13(23)24-3-6(21)22)9(15)12(10(11)16)18-5(2)20/h3H2,1-2H3,(H,17,19)(H,18,20)(H,21,22)/p-1. The molecule has 0 aliphatic heterocycles. The molecule has 0 fully saturated rings. The van der Waals surface area contributed by atoms with E-state index in [1.54, 1.807) is 0 Å². The summed E-state index contributed by atoms with van der Waals surface area (Å²) in [6, 6.07) is 0. The number of carboxylic acids is 1. The van der Waals surface area contributed by atoms with Crippen molar-refractivity contribution in [1.82, 2.24) is 0 Å². The van der Waals surface area contributed by atoms with Gasteiger partial charge in [0.05, 0.1) is 33.6 Å². The van der Waals surface area contributed by atoms with Crippen molar-refractivity contribution >= 4 is 103 Å². The number of ether oxygens (including phenoxy) is 1. The van der Waals surface area contributed by atoms with Gasteiger partial charge in [0.2, 0.25) is 11.8 Å². The second-order valence-corrected chi connectivity index (χ2v) is 7.61. The summed E-state index contributed by atoms with van der Waals surface area (Å²) in [6.45, 7) is 1.70. The molecule has 0 heterocycles. The van der Waals surface area contributed by atoms with E-state index in [9.17, 15) is 24.3 Å². The van der Waals surface area contributed by atoms with E-state index in [0.717, 1.165) is 0 Å². The number of halogens is 3. The maximum atomic E-state index is 12.2. The number of hydrogen-bond donors (Lipinski definition) is 2. The number of aliphatic carboxylic acids is 1. The van der Waals surface area contributed by atoms with Gasteiger partial charge in [-0.2, -0.15) is 0 Å². The molecule has 8 nitrogen and oxygen atoms in total. The molecule has 1 aromatic carbocycles. The molecule has 11 heteroatoms. The monoisotopic (exact) mass is 671 g/mol. The molecule has 0 atom stereocenters. The lowest BCUT2D eigenvalue weighted by atomic mass is 10.1. The zero-order valence-electron chi connectivity index (χ0n) is 12.3. The number of carbonyl (C=O) groups is 4. The summed E-state index contributed by atoms with van der Waals surface area (Å²) in [6.07, 6.45) is 0. The van der Waals surface area contributed by atoms with Gasteiger partial charge in [0.15, 0.2) is 0 Å². The number of amides is 2. The largest absolute Gasteiger partial charge is 0.546 e. The van der Waals surface area contributed by atoms with Crippen molar-refractivity contribution in [3.63, 3.8) is 0 Å². The molecule has 130 valence electrons. The molecular formula is C13H10I3N2O6-. The van der Waals surface area contributed by atoms with Crippen LogP contribution in [0.2, 0.25) is 0 Å². The highest BCUT2D eigenvalue weighted by atomic mass is 127. The molecule has 0 saturated heterocycles. The number of nitrogens with one attached hydrogen (secondary N) is 2. The predicted octanol–water partition coefficient (Wildman–Crippen LogP) is 1.32. The van der Waals surface area contributed by atoms with E-state index in [0.29, 0.717) is 22.1 Å². The quantitative estimate of drug-likeness (QED) is 0.360. The van der Waals surface area contributed by atoms with Crippen LogP contribution in [0, 0.1) is 10.7 Å². The van der Waals surface area contributed by atoms with E-state index in [4.69, 9.17) is 0 Å². The zero-order valence-corrected chi connectivity index (χ0v) is 18.8. The molecule has 0 radical (unpaired) electrons. The van der Waals surface area contributed by atoms with Crippen molar-refractivity contribution < 1.29 is 29.0 Å². The third-order valence-electron chi connectivity index (χ3n) is 2.44. The van der Waals surface area contributed by atoms with Gasteiger partial charge in [0.25, 0.3) is 0 Å². The molecule has 0 aromatic heterocycles. The van der Waals surface area contributed by atoms with Crippen LogP contribution >= 0.6 is 67.8 Å². The Morgan fingerprint density at radius 3 is 1.67 bits per heavy atom. The van der Waals surface area contributed by atoms with Gasteiger partial charge >= 0.3 is 5.97 Å². The fourth-order valence-corrected chi connectivity index (χ4v) is 5.76. The van der Waals surface area contributed by atoms with Crippen LogP contribution in [-0.2, 0) is 19.1 Å². The lowest BCUT2D eigenvalue weighted by Gasteiger charge is -2.19. The Balaban J connectivity index is 3.55. The second kappa shape index (κ2) is 9.12. The van der Waals surface area contributed by atoms with Crippen LogP contribution in [-0.4, -0.2) is 30.4 Å². The van der Waals surface area contributed by atoms with E-state index in [1.807, 2.05) is 67.8 Å². The summed E-state index contributed by atoms with van der Waals surface area (Å²) in [5.41, 5.74) is 0.701. The molecule has 0 spiro atoms. The van der Waals surface area contributed by atoms with Gasteiger partial charge in [-0.1, -0.05) is 0 Å².